The van der Waals surface area contributed by atoms with Gasteiger partial charge in [-0.25, -0.2) is 0 Å². The standard InChI is InChI=1S/C13H15F3O/c1-3-12(17-2)8-7-10-5-4-6-11(9-10)13(14,15)16/h3-6,9,12H,1,7-8H2,2H3. The molecule has 1 atom stereocenters. The molecule has 0 N–H and O–H groups in total. The molecule has 0 radical (unpaired) electrons. The molecular formula is C13H15F3O. The Morgan fingerprint density at radius 1 is 1.41 bits per heavy atom. The lowest BCUT2D eigenvalue weighted by atomic mass is 10.0. The molecule has 1 unspecified atom stereocenters. The first-order chi connectivity index (χ1) is 7.97. The lowest BCUT2D eigenvalue weighted by molar-refractivity contribution is -0.137. The van der Waals surface area contributed by atoms with Gasteiger partial charge in [0.25, 0.3) is 0 Å². The molecular weight excluding hydrogens is 229 g/mol. The van der Waals surface area contributed by atoms with Crippen molar-refractivity contribution in [3.63, 3.8) is 0 Å². The number of rotatable bonds is 5. The van der Waals surface area contributed by atoms with E-state index in [0.717, 1.165) is 6.07 Å². The van der Waals surface area contributed by atoms with Crippen LogP contribution in [-0.2, 0) is 17.3 Å². The van der Waals surface area contributed by atoms with Crippen molar-refractivity contribution in [3.8, 4) is 0 Å². The summed E-state index contributed by atoms with van der Waals surface area (Å²) in [5.74, 6) is 0. The van der Waals surface area contributed by atoms with E-state index in [1.165, 1.54) is 12.1 Å². The highest BCUT2D eigenvalue weighted by Gasteiger charge is 2.30. The van der Waals surface area contributed by atoms with Crippen LogP contribution in [0.5, 0.6) is 0 Å². The maximum atomic E-state index is 12.5. The monoisotopic (exact) mass is 244 g/mol. The fourth-order valence-corrected chi connectivity index (χ4v) is 1.54. The normalized spacial score (nSPS) is 13.4. The van der Waals surface area contributed by atoms with E-state index in [1.54, 1.807) is 19.3 Å². The largest absolute Gasteiger partial charge is 0.416 e. The van der Waals surface area contributed by atoms with Crippen LogP contribution >= 0.6 is 0 Å². The number of ether oxygens (including phenoxy) is 1. The average Bonchev–Trinajstić information content (AvgIpc) is 2.30. The minimum Gasteiger partial charge on any atom is -0.377 e. The summed E-state index contributed by atoms with van der Waals surface area (Å²) in [6.07, 6.45) is -1.59. The van der Waals surface area contributed by atoms with Crippen molar-refractivity contribution in [1.29, 1.82) is 0 Å². The second kappa shape index (κ2) is 5.87. The molecule has 0 aliphatic carbocycles. The Morgan fingerprint density at radius 2 is 2.12 bits per heavy atom. The minimum absolute atomic E-state index is 0.121. The van der Waals surface area contributed by atoms with Crippen LogP contribution < -0.4 is 0 Å². The molecule has 0 aliphatic heterocycles. The quantitative estimate of drug-likeness (QED) is 0.715. The van der Waals surface area contributed by atoms with Crippen molar-refractivity contribution in [3.05, 3.63) is 48.0 Å². The Hall–Kier alpha value is -1.29. The van der Waals surface area contributed by atoms with Gasteiger partial charge in [0.15, 0.2) is 0 Å². The Bertz CT molecular complexity index is 371. The van der Waals surface area contributed by atoms with E-state index in [4.69, 9.17) is 4.74 Å². The molecule has 1 aromatic rings. The SMILES string of the molecule is C=CC(CCc1cccc(C(F)(F)F)c1)OC. The van der Waals surface area contributed by atoms with Crippen molar-refractivity contribution in [2.75, 3.05) is 7.11 Å². The zero-order valence-corrected chi connectivity index (χ0v) is 9.63. The van der Waals surface area contributed by atoms with Crippen LogP contribution in [0, 0.1) is 0 Å². The molecule has 0 amide bonds. The van der Waals surface area contributed by atoms with Gasteiger partial charge in [-0.05, 0) is 24.5 Å². The fourth-order valence-electron chi connectivity index (χ4n) is 1.54. The van der Waals surface area contributed by atoms with E-state index in [2.05, 4.69) is 6.58 Å². The van der Waals surface area contributed by atoms with E-state index in [-0.39, 0.29) is 6.10 Å². The van der Waals surface area contributed by atoms with Gasteiger partial charge in [0.1, 0.15) is 0 Å². The zero-order valence-electron chi connectivity index (χ0n) is 9.63. The van der Waals surface area contributed by atoms with Crippen molar-refractivity contribution in [2.24, 2.45) is 0 Å². The second-order valence-electron chi connectivity index (χ2n) is 3.75. The Morgan fingerprint density at radius 3 is 2.65 bits per heavy atom. The molecule has 0 saturated carbocycles. The average molecular weight is 244 g/mol. The topological polar surface area (TPSA) is 9.23 Å². The first-order valence-electron chi connectivity index (χ1n) is 5.29. The molecule has 1 aromatic carbocycles. The fraction of sp³-hybridized carbons (Fsp3) is 0.385. The molecule has 0 spiro atoms. The summed E-state index contributed by atoms with van der Waals surface area (Å²) in [5, 5.41) is 0. The van der Waals surface area contributed by atoms with E-state index >= 15 is 0 Å². The van der Waals surface area contributed by atoms with Crippen LogP contribution in [0.3, 0.4) is 0 Å². The maximum absolute atomic E-state index is 12.5. The molecule has 0 fully saturated rings. The van der Waals surface area contributed by atoms with Gasteiger partial charge >= 0.3 is 6.18 Å². The van der Waals surface area contributed by atoms with Crippen LogP contribution in [-0.4, -0.2) is 13.2 Å². The number of alkyl halides is 3. The molecule has 0 aromatic heterocycles. The first-order valence-corrected chi connectivity index (χ1v) is 5.29. The molecule has 0 saturated heterocycles. The smallest absolute Gasteiger partial charge is 0.377 e. The number of hydrogen-bond acceptors (Lipinski definition) is 1. The molecule has 0 bridgehead atoms. The summed E-state index contributed by atoms with van der Waals surface area (Å²) in [6, 6.07) is 5.36. The third kappa shape index (κ3) is 4.23. The van der Waals surface area contributed by atoms with Crippen LogP contribution in [0.1, 0.15) is 17.5 Å². The van der Waals surface area contributed by atoms with Gasteiger partial charge in [0.2, 0.25) is 0 Å². The summed E-state index contributed by atoms with van der Waals surface area (Å²) < 4.78 is 42.5. The molecule has 1 rings (SSSR count). The van der Waals surface area contributed by atoms with Gasteiger partial charge < -0.3 is 4.74 Å². The molecule has 17 heavy (non-hydrogen) atoms. The summed E-state index contributed by atoms with van der Waals surface area (Å²) in [5.41, 5.74) is 0.0475. The Labute approximate surface area is 98.9 Å². The number of hydrogen-bond donors (Lipinski definition) is 0. The van der Waals surface area contributed by atoms with Gasteiger partial charge in [-0.3, -0.25) is 0 Å². The minimum atomic E-state index is -4.28. The van der Waals surface area contributed by atoms with E-state index in [0.29, 0.717) is 18.4 Å². The van der Waals surface area contributed by atoms with Gasteiger partial charge in [0.05, 0.1) is 11.7 Å². The molecule has 1 nitrogen and oxygen atoms in total. The Kier molecular flexibility index (Phi) is 4.75. The highest BCUT2D eigenvalue weighted by Crippen LogP contribution is 2.29. The van der Waals surface area contributed by atoms with Crippen LogP contribution in [0.15, 0.2) is 36.9 Å². The van der Waals surface area contributed by atoms with Gasteiger partial charge in [0, 0.05) is 7.11 Å². The number of methoxy groups -OCH3 is 1. The predicted octanol–water partition coefficient (Wildman–Crippen LogP) is 3.84. The van der Waals surface area contributed by atoms with Crippen molar-refractivity contribution >= 4 is 0 Å². The van der Waals surface area contributed by atoms with Crippen molar-refractivity contribution in [1.82, 2.24) is 0 Å². The highest BCUT2D eigenvalue weighted by molar-refractivity contribution is 5.25. The number of halogens is 3. The zero-order chi connectivity index (χ0) is 12.9. The third-order valence-electron chi connectivity index (χ3n) is 2.54. The highest BCUT2D eigenvalue weighted by atomic mass is 19.4. The molecule has 94 valence electrons. The van der Waals surface area contributed by atoms with E-state index in [1.807, 2.05) is 0 Å². The summed E-state index contributed by atoms with van der Waals surface area (Å²) in [7, 11) is 1.55. The van der Waals surface area contributed by atoms with Crippen molar-refractivity contribution in [2.45, 2.75) is 25.1 Å². The van der Waals surface area contributed by atoms with Gasteiger partial charge in [-0.2, -0.15) is 13.2 Å². The summed E-state index contributed by atoms with van der Waals surface area (Å²) in [4.78, 5) is 0. The van der Waals surface area contributed by atoms with Crippen LogP contribution in [0.2, 0.25) is 0 Å². The Balaban J connectivity index is 2.69. The van der Waals surface area contributed by atoms with Crippen LogP contribution in [0.25, 0.3) is 0 Å². The lowest BCUT2D eigenvalue weighted by Crippen LogP contribution is -2.09. The second-order valence-corrected chi connectivity index (χ2v) is 3.75. The summed E-state index contributed by atoms with van der Waals surface area (Å²) >= 11 is 0. The van der Waals surface area contributed by atoms with Crippen LogP contribution in [0.4, 0.5) is 13.2 Å². The van der Waals surface area contributed by atoms with Gasteiger partial charge in [-0.1, -0.05) is 24.3 Å². The predicted molar refractivity (Wildman–Crippen MR) is 60.8 cm³/mol. The number of aryl methyl sites for hydroxylation is 1. The van der Waals surface area contributed by atoms with Gasteiger partial charge in [-0.15, -0.1) is 6.58 Å². The maximum Gasteiger partial charge on any atom is 0.416 e. The number of benzene rings is 1. The summed E-state index contributed by atoms with van der Waals surface area (Å²) in [6.45, 7) is 3.60. The third-order valence-corrected chi connectivity index (χ3v) is 2.54. The lowest BCUT2D eigenvalue weighted by Gasteiger charge is -2.11. The van der Waals surface area contributed by atoms with E-state index < -0.39 is 11.7 Å². The molecule has 0 heterocycles. The molecule has 0 aliphatic rings. The first kappa shape index (κ1) is 13.8. The van der Waals surface area contributed by atoms with Crippen molar-refractivity contribution < 1.29 is 17.9 Å². The molecule has 4 heteroatoms. The van der Waals surface area contributed by atoms with E-state index in [9.17, 15) is 13.2 Å².